The highest BCUT2D eigenvalue weighted by molar-refractivity contribution is 5.72. The van der Waals surface area contributed by atoms with Gasteiger partial charge in [0.1, 0.15) is 11.6 Å². The zero-order valence-corrected chi connectivity index (χ0v) is 11.5. The molecule has 100 valence electrons. The van der Waals surface area contributed by atoms with E-state index in [1.165, 1.54) is 0 Å². The van der Waals surface area contributed by atoms with E-state index in [1.54, 1.807) is 13.2 Å². The second-order valence-corrected chi connectivity index (χ2v) is 4.67. The zero-order valence-electron chi connectivity index (χ0n) is 11.5. The lowest BCUT2D eigenvalue weighted by Gasteiger charge is -2.14. The molecule has 0 spiro atoms. The van der Waals surface area contributed by atoms with E-state index in [2.05, 4.69) is 0 Å². The molecule has 0 radical (unpaired) electrons. The Morgan fingerprint density at radius 3 is 2.47 bits per heavy atom. The van der Waals surface area contributed by atoms with E-state index >= 15 is 0 Å². The lowest BCUT2D eigenvalue weighted by Crippen LogP contribution is -2.02. The largest absolute Gasteiger partial charge is 0.497 e. The summed E-state index contributed by atoms with van der Waals surface area (Å²) >= 11 is 0. The molecule has 0 saturated carbocycles. The number of ether oxygens (including phenoxy) is 1. The maximum absolute atomic E-state index is 14.2. The Bertz CT molecular complexity index is 585. The minimum atomic E-state index is -0.211. The first-order valence-electron chi connectivity index (χ1n) is 6.21. The lowest BCUT2D eigenvalue weighted by molar-refractivity contribution is 0.414. The van der Waals surface area contributed by atoms with Gasteiger partial charge in [-0.05, 0) is 54.3 Å². The Labute approximate surface area is 113 Å². The summed E-state index contributed by atoms with van der Waals surface area (Å²) in [6, 6.07) is 9.07. The van der Waals surface area contributed by atoms with E-state index < -0.39 is 0 Å². The van der Waals surface area contributed by atoms with Gasteiger partial charge in [0.25, 0.3) is 0 Å². The van der Waals surface area contributed by atoms with Crippen molar-refractivity contribution in [3.63, 3.8) is 0 Å². The van der Waals surface area contributed by atoms with E-state index in [0.29, 0.717) is 12.1 Å². The maximum atomic E-state index is 14.2. The third kappa shape index (κ3) is 2.61. The molecule has 0 aliphatic heterocycles. The average molecular weight is 259 g/mol. The van der Waals surface area contributed by atoms with E-state index in [-0.39, 0.29) is 5.82 Å². The van der Waals surface area contributed by atoms with Gasteiger partial charge in [-0.2, -0.15) is 0 Å². The second kappa shape index (κ2) is 5.41. The van der Waals surface area contributed by atoms with Crippen molar-refractivity contribution in [2.45, 2.75) is 20.4 Å². The van der Waals surface area contributed by atoms with Crippen LogP contribution in [-0.4, -0.2) is 7.11 Å². The van der Waals surface area contributed by atoms with Crippen molar-refractivity contribution in [1.82, 2.24) is 0 Å². The molecule has 2 nitrogen and oxygen atoms in total. The number of nitrogens with two attached hydrogens (primary N) is 1. The molecule has 3 heteroatoms. The van der Waals surface area contributed by atoms with Crippen molar-refractivity contribution in [3.8, 4) is 16.9 Å². The van der Waals surface area contributed by atoms with Crippen LogP contribution in [0.25, 0.3) is 11.1 Å². The summed E-state index contributed by atoms with van der Waals surface area (Å²) in [5, 5.41) is 0. The Kier molecular flexibility index (Phi) is 3.86. The highest BCUT2D eigenvalue weighted by Crippen LogP contribution is 2.32. The van der Waals surface area contributed by atoms with Crippen LogP contribution in [0.4, 0.5) is 4.39 Å². The van der Waals surface area contributed by atoms with E-state index in [9.17, 15) is 4.39 Å². The van der Waals surface area contributed by atoms with Crippen LogP contribution in [0.5, 0.6) is 5.75 Å². The summed E-state index contributed by atoms with van der Waals surface area (Å²) in [5.74, 6) is 0.520. The predicted molar refractivity (Wildman–Crippen MR) is 75.8 cm³/mol. The molecule has 0 heterocycles. The fraction of sp³-hybridized carbons (Fsp3) is 0.250. The quantitative estimate of drug-likeness (QED) is 0.914. The molecule has 19 heavy (non-hydrogen) atoms. The van der Waals surface area contributed by atoms with Gasteiger partial charge >= 0.3 is 0 Å². The molecule has 0 amide bonds. The SMILES string of the molecule is COc1ccc(-c2c(C)cc(C)cc2F)c(CN)c1. The van der Waals surface area contributed by atoms with Gasteiger partial charge in [-0.15, -0.1) is 0 Å². The number of methoxy groups -OCH3 is 1. The number of halogens is 1. The highest BCUT2D eigenvalue weighted by atomic mass is 19.1. The molecule has 0 bridgehead atoms. The Morgan fingerprint density at radius 2 is 1.89 bits per heavy atom. The summed E-state index contributed by atoms with van der Waals surface area (Å²) in [5.41, 5.74) is 9.93. The van der Waals surface area contributed by atoms with Crippen LogP contribution in [0, 0.1) is 19.7 Å². The number of hydrogen-bond acceptors (Lipinski definition) is 2. The third-order valence-electron chi connectivity index (χ3n) is 3.23. The standard InChI is InChI=1S/C16H18FNO/c1-10-6-11(2)16(15(17)7-10)14-5-4-13(19-3)8-12(14)9-18/h4-8H,9,18H2,1-3H3. The van der Waals surface area contributed by atoms with Gasteiger partial charge in [0.2, 0.25) is 0 Å². The number of aryl methyl sites for hydroxylation is 2. The molecule has 2 aromatic carbocycles. The van der Waals surface area contributed by atoms with Crippen molar-refractivity contribution >= 4 is 0 Å². The fourth-order valence-electron chi connectivity index (χ4n) is 2.37. The smallest absolute Gasteiger partial charge is 0.131 e. The molecule has 0 saturated heterocycles. The summed E-state index contributed by atoms with van der Waals surface area (Å²) in [6.45, 7) is 4.15. The van der Waals surface area contributed by atoms with Crippen LogP contribution in [0.1, 0.15) is 16.7 Å². The minimum absolute atomic E-state index is 0.211. The molecule has 0 aliphatic rings. The molecule has 0 fully saturated rings. The van der Waals surface area contributed by atoms with Crippen LogP contribution >= 0.6 is 0 Å². The topological polar surface area (TPSA) is 35.2 Å². The van der Waals surface area contributed by atoms with Gasteiger partial charge in [0, 0.05) is 12.1 Å². The van der Waals surface area contributed by atoms with Gasteiger partial charge < -0.3 is 10.5 Å². The van der Waals surface area contributed by atoms with Gasteiger partial charge in [-0.3, -0.25) is 0 Å². The van der Waals surface area contributed by atoms with Crippen molar-refractivity contribution in [2.75, 3.05) is 7.11 Å². The Balaban J connectivity index is 2.65. The van der Waals surface area contributed by atoms with E-state index in [4.69, 9.17) is 10.5 Å². The lowest BCUT2D eigenvalue weighted by atomic mass is 9.94. The summed E-state index contributed by atoms with van der Waals surface area (Å²) in [4.78, 5) is 0. The van der Waals surface area contributed by atoms with Crippen LogP contribution < -0.4 is 10.5 Å². The predicted octanol–water partition coefficient (Wildman–Crippen LogP) is 3.58. The molecule has 0 unspecified atom stereocenters. The van der Waals surface area contributed by atoms with Gasteiger partial charge in [-0.25, -0.2) is 4.39 Å². The monoisotopic (exact) mass is 259 g/mol. The summed E-state index contributed by atoms with van der Waals surface area (Å²) < 4.78 is 19.4. The number of hydrogen-bond donors (Lipinski definition) is 1. The Hall–Kier alpha value is -1.87. The normalized spacial score (nSPS) is 10.6. The van der Waals surface area contributed by atoms with Crippen LogP contribution in [0.3, 0.4) is 0 Å². The number of rotatable bonds is 3. The van der Waals surface area contributed by atoms with Gasteiger partial charge in [0.05, 0.1) is 7.11 Å². The molecule has 0 aromatic heterocycles. The van der Waals surface area contributed by atoms with Crippen molar-refractivity contribution in [3.05, 3.63) is 52.8 Å². The van der Waals surface area contributed by atoms with Gasteiger partial charge in [0.15, 0.2) is 0 Å². The first kappa shape index (κ1) is 13.6. The van der Waals surface area contributed by atoms with Crippen LogP contribution in [-0.2, 0) is 6.54 Å². The van der Waals surface area contributed by atoms with Crippen LogP contribution in [0.2, 0.25) is 0 Å². The average Bonchev–Trinajstić information content (AvgIpc) is 2.37. The second-order valence-electron chi connectivity index (χ2n) is 4.67. The van der Waals surface area contributed by atoms with E-state index in [0.717, 1.165) is 28.0 Å². The fourth-order valence-corrected chi connectivity index (χ4v) is 2.37. The minimum Gasteiger partial charge on any atom is -0.497 e. The molecule has 2 rings (SSSR count). The first-order valence-corrected chi connectivity index (χ1v) is 6.21. The number of benzene rings is 2. The maximum Gasteiger partial charge on any atom is 0.131 e. The summed E-state index contributed by atoms with van der Waals surface area (Å²) in [6.07, 6.45) is 0. The summed E-state index contributed by atoms with van der Waals surface area (Å²) in [7, 11) is 1.60. The van der Waals surface area contributed by atoms with Gasteiger partial charge in [-0.1, -0.05) is 12.1 Å². The highest BCUT2D eigenvalue weighted by Gasteiger charge is 2.13. The molecule has 0 aliphatic carbocycles. The van der Waals surface area contributed by atoms with Crippen molar-refractivity contribution in [2.24, 2.45) is 5.73 Å². The molecular weight excluding hydrogens is 241 g/mol. The molecule has 0 atom stereocenters. The van der Waals surface area contributed by atoms with Crippen molar-refractivity contribution < 1.29 is 9.13 Å². The Morgan fingerprint density at radius 1 is 1.16 bits per heavy atom. The molecule has 2 N–H and O–H groups in total. The van der Waals surface area contributed by atoms with Crippen LogP contribution in [0.15, 0.2) is 30.3 Å². The molecular formula is C16H18FNO. The van der Waals surface area contributed by atoms with Crippen molar-refractivity contribution in [1.29, 1.82) is 0 Å². The first-order chi connectivity index (χ1) is 9.06. The zero-order chi connectivity index (χ0) is 14.0. The molecule has 2 aromatic rings. The third-order valence-corrected chi connectivity index (χ3v) is 3.23. The van der Waals surface area contributed by atoms with E-state index in [1.807, 2.05) is 38.1 Å².